The van der Waals surface area contributed by atoms with Crippen molar-refractivity contribution >= 4 is 23.2 Å². The summed E-state index contributed by atoms with van der Waals surface area (Å²) in [4.78, 5) is 14.9. The Hall–Kier alpha value is -2.59. The molecular weight excluding hydrogens is 334 g/mol. The summed E-state index contributed by atoms with van der Waals surface area (Å²) < 4.78 is 1.74. The Bertz CT molecular complexity index is 917. The quantitative estimate of drug-likeness (QED) is 0.675. The molecular formula is C20H20ClN3O. The summed E-state index contributed by atoms with van der Waals surface area (Å²) in [5.74, 6) is -0.0532. The van der Waals surface area contributed by atoms with Gasteiger partial charge in [-0.05, 0) is 50.6 Å². The zero-order chi connectivity index (χ0) is 18.0. The average Bonchev–Trinajstić information content (AvgIpc) is 2.98. The first-order valence-electron chi connectivity index (χ1n) is 8.21. The van der Waals surface area contributed by atoms with Gasteiger partial charge in [0.25, 0.3) is 5.91 Å². The average molecular weight is 354 g/mol. The van der Waals surface area contributed by atoms with Crippen molar-refractivity contribution in [2.24, 2.45) is 0 Å². The van der Waals surface area contributed by atoms with E-state index in [1.165, 1.54) is 0 Å². The predicted octanol–water partition coefficient (Wildman–Crippen LogP) is 4.81. The normalized spacial score (nSPS) is 10.7. The molecule has 0 saturated carbocycles. The van der Waals surface area contributed by atoms with E-state index < -0.39 is 0 Å². The highest BCUT2D eigenvalue weighted by atomic mass is 35.5. The van der Waals surface area contributed by atoms with Crippen LogP contribution in [-0.2, 0) is 0 Å². The highest BCUT2D eigenvalue weighted by Gasteiger charge is 2.22. The lowest BCUT2D eigenvalue weighted by molar-refractivity contribution is 0.0987. The van der Waals surface area contributed by atoms with Crippen LogP contribution in [0.15, 0.2) is 54.7 Å². The van der Waals surface area contributed by atoms with Crippen LogP contribution in [0.5, 0.6) is 0 Å². The van der Waals surface area contributed by atoms with Crippen molar-refractivity contribution in [1.82, 2.24) is 9.78 Å². The molecule has 0 unspecified atom stereocenters. The van der Waals surface area contributed by atoms with Gasteiger partial charge in [-0.3, -0.25) is 4.79 Å². The summed E-state index contributed by atoms with van der Waals surface area (Å²) in [7, 11) is 0. The smallest absolute Gasteiger partial charge is 0.261 e. The first-order chi connectivity index (χ1) is 12.0. The van der Waals surface area contributed by atoms with Crippen molar-refractivity contribution in [3.63, 3.8) is 0 Å². The zero-order valence-electron chi connectivity index (χ0n) is 14.5. The van der Waals surface area contributed by atoms with Crippen molar-refractivity contribution in [3.05, 3.63) is 76.6 Å². The minimum absolute atomic E-state index is 0.0532. The van der Waals surface area contributed by atoms with Gasteiger partial charge in [-0.15, -0.1) is 0 Å². The van der Waals surface area contributed by atoms with Gasteiger partial charge in [0.1, 0.15) is 0 Å². The summed E-state index contributed by atoms with van der Waals surface area (Å²) in [6.07, 6.45) is 1.62. The molecule has 5 heteroatoms. The second-order valence-electron chi connectivity index (χ2n) is 5.87. The Morgan fingerprint density at radius 2 is 1.92 bits per heavy atom. The lowest BCUT2D eigenvalue weighted by Gasteiger charge is -2.22. The van der Waals surface area contributed by atoms with Gasteiger partial charge < -0.3 is 4.90 Å². The van der Waals surface area contributed by atoms with E-state index >= 15 is 0 Å². The third-order valence-electron chi connectivity index (χ3n) is 4.26. The number of aryl methyl sites for hydroxylation is 1. The summed E-state index contributed by atoms with van der Waals surface area (Å²) in [6.45, 7) is 6.47. The highest BCUT2D eigenvalue weighted by Crippen LogP contribution is 2.24. The molecule has 4 nitrogen and oxygen atoms in total. The fourth-order valence-electron chi connectivity index (χ4n) is 2.92. The molecule has 0 spiro atoms. The Labute approximate surface area is 152 Å². The fraction of sp³-hybridized carbons (Fsp3) is 0.200. The maximum Gasteiger partial charge on any atom is 0.261 e. The minimum Gasteiger partial charge on any atom is -0.308 e. The van der Waals surface area contributed by atoms with Crippen LogP contribution in [0.25, 0.3) is 5.69 Å². The molecule has 0 saturated heterocycles. The molecule has 0 aliphatic rings. The highest BCUT2D eigenvalue weighted by molar-refractivity contribution is 6.30. The minimum atomic E-state index is -0.0532. The van der Waals surface area contributed by atoms with Gasteiger partial charge in [-0.2, -0.15) is 5.10 Å². The molecule has 0 radical (unpaired) electrons. The van der Waals surface area contributed by atoms with E-state index in [4.69, 9.17) is 11.6 Å². The molecule has 1 heterocycles. The van der Waals surface area contributed by atoms with Crippen LogP contribution in [0.1, 0.15) is 28.5 Å². The van der Waals surface area contributed by atoms with Gasteiger partial charge in [0.05, 0.1) is 23.1 Å². The first-order valence-corrected chi connectivity index (χ1v) is 8.58. The van der Waals surface area contributed by atoms with Crippen molar-refractivity contribution in [3.8, 4) is 5.69 Å². The van der Waals surface area contributed by atoms with Crippen molar-refractivity contribution in [1.29, 1.82) is 0 Å². The van der Waals surface area contributed by atoms with Crippen LogP contribution in [0.4, 0.5) is 5.69 Å². The van der Waals surface area contributed by atoms with E-state index in [2.05, 4.69) is 5.10 Å². The number of anilines is 1. The van der Waals surface area contributed by atoms with Crippen LogP contribution in [0.2, 0.25) is 5.02 Å². The van der Waals surface area contributed by atoms with Crippen LogP contribution in [0.3, 0.4) is 0 Å². The van der Waals surface area contributed by atoms with Crippen molar-refractivity contribution < 1.29 is 4.79 Å². The molecule has 3 aromatic rings. The van der Waals surface area contributed by atoms with Gasteiger partial charge in [-0.25, -0.2) is 4.68 Å². The van der Waals surface area contributed by atoms with Crippen LogP contribution in [-0.4, -0.2) is 22.2 Å². The van der Waals surface area contributed by atoms with Gasteiger partial charge in [-0.1, -0.05) is 35.9 Å². The number of benzene rings is 2. The standard InChI is InChI=1S/C20H20ClN3O/c1-4-23(19-11-6-5-8-14(19)2)20(25)18-13-22-24(15(18)3)17-10-7-9-16(21)12-17/h5-13H,4H2,1-3H3. The second-order valence-corrected chi connectivity index (χ2v) is 6.31. The molecule has 0 aliphatic heterocycles. The summed E-state index contributed by atoms with van der Waals surface area (Å²) in [5.41, 5.74) is 4.20. The van der Waals surface area contributed by atoms with Crippen LogP contribution in [0, 0.1) is 13.8 Å². The Kier molecular flexibility index (Phi) is 4.91. The molecule has 0 bridgehead atoms. The van der Waals surface area contributed by atoms with Crippen molar-refractivity contribution in [2.75, 3.05) is 11.4 Å². The van der Waals surface area contributed by atoms with E-state index in [1.54, 1.807) is 15.8 Å². The molecule has 0 fully saturated rings. The van der Waals surface area contributed by atoms with E-state index in [0.29, 0.717) is 17.1 Å². The molecule has 0 N–H and O–H groups in total. The second kappa shape index (κ2) is 7.11. The fourth-order valence-corrected chi connectivity index (χ4v) is 3.11. The molecule has 2 aromatic carbocycles. The molecule has 3 rings (SSSR count). The third-order valence-corrected chi connectivity index (χ3v) is 4.50. The number of halogens is 1. The van der Waals surface area contributed by atoms with Gasteiger partial charge in [0, 0.05) is 17.3 Å². The number of nitrogens with zero attached hydrogens (tertiary/aromatic N) is 3. The largest absolute Gasteiger partial charge is 0.308 e. The van der Waals surface area contributed by atoms with E-state index in [1.807, 2.05) is 69.3 Å². The molecule has 25 heavy (non-hydrogen) atoms. The topological polar surface area (TPSA) is 38.1 Å². The Morgan fingerprint density at radius 3 is 2.60 bits per heavy atom. The number of para-hydroxylation sites is 1. The third kappa shape index (κ3) is 3.30. The monoisotopic (exact) mass is 353 g/mol. The SMILES string of the molecule is CCN(C(=O)c1cnn(-c2cccc(Cl)c2)c1C)c1ccccc1C. The summed E-state index contributed by atoms with van der Waals surface area (Å²) >= 11 is 6.07. The molecule has 1 amide bonds. The number of amides is 1. The molecule has 0 aliphatic carbocycles. The predicted molar refractivity (Wildman–Crippen MR) is 102 cm³/mol. The van der Waals surface area contributed by atoms with Gasteiger partial charge >= 0.3 is 0 Å². The number of hydrogen-bond donors (Lipinski definition) is 0. The lowest BCUT2D eigenvalue weighted by Crippen LogP contribution is -2.31. The summed E-state index contributed by atoms with van der Waals surface area (Å²) in [6, 6.07) is 15.3. The maximum absolute atomic E-state index is 13.1. The Balaban J connectivity index is 1.99. The summed E-state index contributed by atoms with van der Waals surface area (Å²) in [5, 5.41) is 5.03. The Morgan fingerprint density at radius 1 is 1.16 bits per heavy atom. The number of hydrogen-bond acceptors (Lipinski definition) is 2. The zero-order valence-corrected chi connectivity index (χ0v) is 15.3. The molecule has 1 aromatic heterocycles. The number of carbonyl (C=O) groups is 1. The molecule has 0 atom stereocenters. The van der Waals surface area contributed by atoms with Gasteiger partial charge in [0.15, 0.2) is 0 Å². The van der Waals surface area contributed by atoms with E-state index in [9.17, 15) is 4.79 Å². The van der Waals surface area contributed by atoms with Crippen LogP contribution >= 0.6 is 11.6 Å². The van der Waals surface area contributed by atoms with Crippen molar-refractivity contribution in [2.45, 2.75) is 20.8 Å². The number of aromatic nitrogens is 2. The van der Waals surface area contributed by atoms with Gasteiger partial charge in [0.2, 0.25) is 0 Å². The van der Waals surface area contributed by atoms with E-state index in [-0.39, 0.29) is 5.91 Å². The molecule has 128 valence electrons. The number of rotatable bonds is 4. The van der Waals surface area contributed by atoms with Crippen LogP contribution < -0.4 is 4.90 Å². The maximum atomic E-state index is 13.1. The lowest BCUT2D eigenvalue weighted by atomic mass is 10.1. The van der Waals surface area contributed by atoms with E-state index in [0.717, 1.165) is 22.6 Å². The number of carbonyl (C=O) groups excluding carboxylic acids is 1. The first kappa shape index (κ1) is 17.2.